The molecule has 0 spiro atoms. The van der Waals surface area contributed by atoms with Gasteiger partial charge in [0.05, 0.1) is 5.92 Å². The van der Waals surface area contributed by atoms with Gasteiger partial charge in [-0.2, -0.15) is 5.26 Å². The van der Waals surface area contributed by atoms with Crippen LogP contribution in [0.25, 0.3) is 6.08 Å². The number of nitriles is 1. The summed E-state index contributed by atoms with van der Waals surface area (Å²) in [4.78, 5) is 12.3. The van der Waals surface area contributed by atoms with Crippen LogP contribution in [0.2, 0.25) is 15.1 Å². The highest BCUT2D eigenvalue weighted by Crippen LogP contribution is 2.47. The molecule has 1 heterocycles. The van der Waals surface area contributed by atoms with Crippen LogP contribution in [0.1, 0.15) is 22.6 Å². The molecule has 5 nitrogen and oxygen atoms in total. The van der Waals surface area contributed by atoms with Gasteiger partial charge in [0.1, 0.15) is 23.1 Å². The minimum atomic E-state index is -0.634. The SMILES string of the molecule is N#CC1=C(N)Oc2cc(OC(=O)/C=C/c3ccccc3Cl)ccc2C1c1c(Cl)cccc1Cl. The molecule has 164 valence electrons. The second kappa shape index (κ2) is 9.60. The van der Waals surface area contributed by atoms with Crippen molar-refractivity contribution in [1.82, 2.24) is 0 Å². The molecule has 0 saturated heterocycles. The van der Waals surface area contributed by atoms with Crippen molar-refractivity contribution in [2.75, 3.05) is 0 Å². The molecule has 33 heavy (non-hydrogen) atoms. The Hall–Kier alpha value is -3.43. The Labute approximate surface area is 205 Å². The minimum absolute atomic E-state index is 0.0759. The summed E-state index contributed by atoms with van der Waals surface area (Å²) in [6.45, 7) is 0. The normalized spacial score (nSPS) is 15.0. The summed E-state index contributed by atoms with van der Waals surface area (Å²) in [5, 5.41) is 11.0. The molecule has 0 aromatic heterocycles. The van der Waals surface area contributed by atoms with Crippen LogP contribution in [0.4, 0.5) is 0 Å². The number of esters is 1. The maximum Gasteiger partial charge on any atom is 0.336 e. The number of ether oxygens (including phenoxy) is 2. The zero-order valence-corrected chi connectivity index (χ0v) is 19.2. The molecule has 0 radical (unpaired) electrons. The Morgan fingerprint density at radius 2 is 1.73 bits per heavy atom. The molecule has 0 saturated carbocycles. The van der Waals surface area contributed by atoms with Gasteiger partial charge in [0.2, 0.25) is 5.88 Å². The third kappa shape index (κ3) is 4.69. The summed E-state index contributed by atoms with van der Waals surface area (Å²) in [5.74, 6) is -0.747. The zero-order valence-electron chi connectivity index (χ0n) is 16.9. The number of hydrogen-bond donors (Lipinski definition) is 1. The maximum atomic E-state index is 12.3. The monoisotopic (exact) mass is 496 g/mol. The Morgan fingerprint density at radius 3 is 2.42 bits per heavy atom. The van der Waals surface area contributed by atoms with Crippen molar-refractivity contribution in [3.63, 3.8) is 0 Å². The second-order valence-electron chi connectivity index (χ2n) is 7.04. The molecular formula is C25H15Cl3N2O3. The molecule has 3 aromatic carbocycles. The van der Waals surface area contributed by atoms with Gasteiger partial charge in [-0.25, -0.2) is 4.79 Å². The molecule has 0 aliphatic carbocycles. The van der Waals surface area contributed by atoms with E-state index in [1.54, 1.807) is 54.6 Å². The van der Waals surface area contributed by atoms with Crippen molar-refractivity contribution >= 4 is 46.8 Å². The zero-order chi connectivity index (χ0) is 23.5. The lowest BCUT2D eigenvalue weighted by atomic mass is 9.83. The average molecular weight is 498 g/mol. The summed E-state index contributed by atoms with van der Waals surface area (Å²) in [6.07, 6.45) is 2.84. The Morgan fingerprint density at radius 1 is 1.03 bits per heavy atom. The fraction of sp³-hybridized carbons (Fsp3) is 0.0400. The number of rotatable bonds is 4. The van der Waals surface area contributed by atoms with Crippen molar-refractivity contribution in [2.24, 2.45) is 5.73 Å². The number of fused-ring (bicyclic) bond motifs is 1. The van der Waals surface area contributed by atoms with Crippen molar-refractivity contribution < 1.29 is 14.3 Å². The van der Waals surface area contributed by atoms with Gasteiger partial charge in [-0.15, -0.1) is 0 Å². The van der Waals surface area contributed by atoms with Crippen molar-refractivity contribution in [2.45, 2.75) is 5.92 Å². The van der Waals surface area contributed by atoms with E-state index in [4.69, 9.17) is 50.0 Å². The van der Waals surface area contributed by atoms with E-state index >= 15 is 0 Å². The van der Waals surface area contributed by atoms with Crippen molar-refractivity contribution in [3.8, 4) is 17.6 Å². The highest BCUT2D eigenvalue weighted by molar-refractivity contribution is 6.36. The highest BCUT2D eigenvalue weighted by Gasteiger charge is 2.33. The van der Waals surface area contributed by atoms with Crippen LogP contribution in [0.3, 0.4) is 0 Å². The summed E-state index contributed by atoms with van der Waals surface area (Å²) >= 11 is 18.9. The fourth-order valence-corrected chi connectivity index (χ4v) is 4.31. The predicted octanol–water partition coefficient (Wildman–Crippen LogP) is 6.48. The molecule has 1 unspecified atom stereocenters. The molecule has 0 fully saturated rings. The van der Waals surface area contributed by atoms with Crippen LogP contribution < -0.4 is 15.2 Å². The van der Waals surface area contributed by atoms with E-state index in [2.05, 4.69) is 6.07 Å². The topological polar surface area (TPSA) is 85.3 Å². The van der Waals surface area contributed by atoms with E-state index in [0.29, 0.717) is 37.5 Å². The molecule has 3 aromatic rings. The van der Waals surface area contributed by atoms with Gasteiger partial charge in [-0.05, 0) is 35.9 Å². The van der Waals surface area contributed by atoms with E-state index in [1.807, 2.05) is 6.07 Å². The quantitative estimate of drug-likeness (QED) is 0.253. The number of nitrogens with two attached hydrogens (primary N) is 1. The van der Waals surface area contributed by atoms with Gasteiger partial charge in [-0.3, -0.25) is 0 Å². The number of carbonyl (C=O) groups is 1. The van der Waals surface area contributed by atoms with Crippen LogP contribution >= 0.6 is 34.8 Å². The molecule has 1 atom stereocenters. The van der Waals surface area contributed by atoms with Crippen molar-refractivity contribution in [3.05, 3.63) is 110 Å². The smallest absolute Gasteiger partial charge is 0.336 e. The third-order valence-electron chi connectivity index (χ3n) is 5.00. The lowest BCUT2D eigenvalue weighted by molar-refractivity contribution is -0.128. The first-order valence-corrected chi connectivity index (χ1v) is 10.8. The fourth-order valence-electron chi connectivity index (χ4n) is 3.50. The number of allylic oxidation sites excluding steroid dienone is 1. The van der Waals surface area contributed by atoms with E-state index in [1.165, 1.54) is 12.1 Å². The molecule has 8 heteroatoms. The molecule has 1 aliphatic heterocycles. The van der Waals surface area contributed by atoms with Crippen molar-refractivity contribution in [1.29, 1.82) is 5.26 Å². The van der Waals surface area contributed by atoms with Crippen LogP contribution in [0.15, 0.2) is 78.2 Å². The van der Waals surface area contributed by atoms with E-state index in [-0.39, 0.29) is 17.2 Å². The third-order valence-corrected chi connectivity index (χ3v) is 6.00. The summed E-state index contributed by atoms with van der Waals surface area (Å²) in [7, 11) is 0. The number of halogens is 3. The second-order valence-corrected chi connectivity index (χ2v) is 8.26. The minimum Gasteiger partial charge on any atom is -0.440 e. The van der Waals surface area contributed by atoms with Gasteiger partial charge < -0.3 is 15.2 Å². The first-order chi connectivity index (χ1) is 15.9. The molecule has 2 N–H and O–H groups in total. The lowest BCUT2D eigenvalue weighted by Crippen LogP contribution is -2.21. The van der Waals surface area contributed by atoms with Crippen LogP contribution in [0.5, 0.6) is 11.5 Å². The summed E-state index contributed by atoms with van der Waals surface area (Å²) in [5.41, 5.74) is 8.05. The highest BCUT2D eigenvalue weighted by atomic mass is 35.5. The Balaban J connectivity index is 1.65. The standard InChI is InChI=1S/C25H15Cl3N2O3/c26-18-5-2-1-4-14(18)8-11-22(31)32-15-9-10-16-21(12-15)33-25(30)17(13-29)23(16)24-19(27)6-3-7-20(24)28/h1-12,23H,30H2/b11-8+. The van der Waals surface area contributed by atoms with E-state index in [0.717, 1.165) is 0 Å². The maximum absolute atomic E-state index is 12.3. The summed E-state index contributed by atoms with van der Waals surface area (Å²) < 4.78 is 11.1. The van der Waals surface area contributed by atoms with Gasteiger partial charge in [0.15, 0.2) is 0 Å². The average Bonchev–Trinajstić information content (AvgIpc) is 2.78. The number of hydrogen-bond acceptors (Lipinski definition) is 5. The van der Waals surface area contributed by atoms with E-state index in [9.17, 15) is 10.1 Å². The Bertz CT molecular complexity index is 1340. The predicted molar refractivity (Wildman–Crippen MR) is 128 cm³/mol. The number of nitrogens with zero attached hydrogens (tertiary/aromatic N) is 1. The van der Waals surface area contributed by atoms with Gasteiger partial charge >= 0.3 is 5.97 Å². The van der Waals surface area contributed by atoms with Gasteiger partial charge in [0.25, 0.3) is 0 Å². The van der Waals surface area contributed by atoms with Crippen LogP contribution in [0, 0.1) is 11.3 Å². The lowest BCUT2D eigenvalue weighted by Gasteiger charge is -2.27. The Kier molecular flexibility index (Phi) is 6.62. The first kappa shape index (κ1) is 22.8. The van der Waals surface area contributed by atoms with E-state index < -0.39 is 11.9 Å². The van der Waals surface area contributed by atoms with Crippen LogP contribution in [-0.2, 0) is 4.79 Å². The molecule has 0 amide bonds. The summed E-state index contributed by atoms with van der Waals surface area (Å²) in [6, 6.07) is 19.1. The molecule has 4 rings (SSSR count). The molecule has 0 bridgehead atoms. The molecular weight excluding hydrogens is 483 g/mol. The van der Waals surface area contributed by atoms with Crippen LogP contribution in [-0.4, -0.2) is 5.97 Å². The number of carbonyl (C=O) groups excluding carboxylic acids is 1. The van der Waals surface area contributed by atoms with Gasteiger partial charge in [0, 0.05) is 38.3 Å². The van der Waals surface area contributed by atoms with Gasteiger partial charge in [-0.1, -0.05) is 65.1 Å². The molecule has 1 aliphatic rings. The largest absolute Gasteiger partial charge is 0.440 e. The first-order valence-electron chi connectivity index (χ1n) is 9.69. The number of benzene rings is 3.